The minimum absolute atomic E-state index is 0.255. The van der Waals surface area contributed by atoms with E-state index in [1.807, 2.05) is 12.4 Å². The quantitative estimate of drug-likeness (QED) is 0.732. The molecule has 164 valence electrons. The number of benzene rings is 1. The Balaban J connectivity index is 1.38. The fraction of sp³-hybridized carbons (Fsp3) is 0.538. The van der Waals surface area contributed by atoms with Gasteiger partial charge in [-0.2, -0.15) is 0 Å². The number of hydrogen-bond acceptors (Lipinski definition) is 4. The second-order valence-electron chi connectivity index (χ2n) is 9.46. The van der Waals surface area contributed by atoms with Gasteiger partial charge in [-0.15, -0.1) is 0 Å². The van der Waals surface area contributed by atoms with Crippen molar-refractivity contribution in [3.8, 4) is 5.75 Å². The molecule has 0 N–H and O–H groups in total. The first-order chi connectivity index (χ1) is 15.2. The molecule has 1 aromatic heterocycles. The standard InChI is InChI=1S/C26H33N3O2/c1-31-22-8-6-20(7-9-22)23-18-29(26(30)21-4-2-3-5-21)25-12-15-28(17-24(23)25)16-19-10-13-27-14-11-19/h6-11,13-14,21,23-25H,2-5,12,15-18H2,1H3/t23-,24-,25-/m1/s1. The monoisotopic (exact) mass is 419 g/mol. The number of rotatable bonds is 5. The molecule has 3 heterocycles. The number of amides is 1. The van der Waals surface area contributed by atoms with Crippen molar-refractivity contribution < 1.29 is 9.53 Å². The van der Waals surface area contributed by atoms with E-state index in [1.54, 1.807) is 7.11 Å². The molecule has 0 unspecified atom stereocenters. The topological polar surface area (TPSA) is 45.7 Å². The number of nitrogens with zero attached hydrogens (tertiary/aromatic N) is 3. The summed E-state index contributed by atoms with van der Waals surface area (Å²) in [5.74, 6) is 2.44. The van der Waals surface area contributed by atoms with Gasteiger partial charge in [0.1, 0.15) is 5.75 Å². The highest BCUT2D eigenvalue weighted by Gasteiger charge is 2.48. The van der Waals surface area contributed by atoms with Gasteiger partial charge in [0.15, 0.2) is 0 Å². The van der Waals surface area contributed by atoms with E-state index in [9.17, 15) is 4.79 Å². The van der Waals surface area contributed by atoms with Crippen LogP contribution in [-0.2, 0) is 11.3 Å². The van der Waals surface area contributed by atoms with Gasteiger partial charge >= 0.3 is 0 Å². The Kier molecular flexibility index (Phi) is 5.95. The van der Waals surface area contributed by atoms with Crippen molar-refractivity contribution in [2.24, 2.45) is 11.8 Å². The molecule has 5 rings (SSSR count). The third-order valence-corrected chi connectivity index (χ3v) is 7.70. The molecule has 31 heavy (non-hydrogen) atoms. The molecule has 2 saturated heterocycles. The van der Waals surface area contributed by atoms with Gasteiger partial charge in [0, 0.05) is 62.4 Å². The molecule has 3 aliphatic rings. The zero-order valence-corrected chi connectivity index (χ0v) is 18.5. The van der Waals surface area contributed by atoms with E-state index < -0.39 is 0 Å². The molecule has 1 amide bonds. The van der Waals surface area contributed by atoms with Crippen LogP contribution in [0.4, 0.5) is 0 Å². The molecular weight excluding hydrogens is 386 g/mol. The Bertz CT molecular complexity index is 879. The van der Waals surface area contributed by atoms with E-state index in [-0.39, 0.29) is 5.92 Å². The molecule has 5 nitrogen and oxygen atoms in total. The summed E-state index contributed by atoms with van der Waals surface area (Å²) >= 11 is 0. The minimum atomic E-state index is 0.255. The summed E-state index contributed by atoms with van der Waals surface area (Å²) in [7, 11) is 1.71. The van der Waals surface area contributed by atoms with Gasteiger partial charge in [-0.05, 0) is 54.7 Å². The maximum atomic E-state index is 13.4. The maximum Gasteiger partial charge on any atom is 0.225 e. The van der Waals surface area contributed by atoms with E-state index in [0.29, 0.717) is 23.8 Å². The van der Waals surface area contributed by atoms with Gasteiger partial charge in [-0.25, -0.2) is 0 Å². The normalized spacial score (nSPS) is 26.7. The summed E-state index contributed by atoms with van der Waals surface area (Å²) in [4.78, 5) is 22.4. The van der Waals surface area contributed by atoms with Gasteiger partial charge in [-0.1, -0.05) is 25.0 Å². The largest absolute Gasteiger partial charge is 0.497 e. The summed E-state index contributed by atoms with van der Waals surface area (Å²) < 4.78 is 5.37. The lowest BCUT2D eigenvalue weighted by Crippen LogP contribution is -2.48. The molecule has 0 bridgehead atoms. The van der Waals surface area contributed by atoms with Crippen LogP contribution in [0, 0.1) is 11.8 Å². The van der Waals surface area contributed by atoms with E-state index in [0.717, 1.165) is 51.2 Å². The third kappa shape index (κ3) is 4.20. The lowest BCUT2D eigenvalue weighted by molar-refractivity contribution is -0.137. The molecule has 1 aliphatic carbocycles. The lowest BCUT2D eigenvalue weighted by atomic mass is 9.81. The van der Waals surface area contributed by atoms with Crippen LogP contribution in [-0.4, -0.2) is 53.5 Å². The van der Waals surface area contributed by atoms with Crippen LogP contribution in [0.3, 0.4) is 0 Å². The number of carbonyl (C=O) groups is 1. The second kappa shape index (κ2) is 8.99. The van der Waals surface area contributed by atoms with Crippen molar-refractivity contribution in [3.05, 3.63) is 59.9 Å². The molecule has 5 heteroatoms. The van der Waals surface area contributed by atoms with Gasteiger partial charge in [0.2, 0.25) is 5.91 Å². The minimum Gasteiger partial charge on any atom is -0.497 e. The summed E-state index contributed by atoms with van der Waals surface area (Å²) in [6.07, 6.45) is 9.39. The van der Waals surface area contributed by atoms with Crippen LogP contribution in [0.5, 0.6) is 5.75 Å². The number of pyridine rings is 1. The van der Waals surface area contributed by atoms with Gasteiger partial charge in [0.05, 0.1) is 7.11 Å². The first-order valence-electron chi connectivity index (χ1n) is 11.8. The molecule has 0 radical (unpaired) electrons. The zero-order valence-electron chi connectivity index (χ0n) is 18.5. The SMILES string of the molecule is COc1ccc([C@H]2CN(C(=O)C3CCCC3)[C@@H]3CCN(Cc4ccncc4)C[C@H]23)cc1. The van der Waals surface area contributed by atoms with Crippen LogP contribution >= 0.6 is 0 Å². The van der Waals surface area contributed by atoms with Crippen molar-refractivity contribution in [1.29, 1.82) is 0 Å². The van der Waals surface area contributed by atoms with Gasteiger partial charge in [-0.3, -0.25) is 14.7 Å². The molecule has 3 atom stereocenters. The van der Waals surface area contributed by atoms with Crippen molar-refractivity contribution in [2.75, 3.05) is 26.7 Å². The summed E-state index contributed by atoms with van der Waals surface area (Å²) in [5.41, 5.74) is 2.65. The molecule has 1 saturated carbocycles. The first-order valence-corrected chi connectivity index (χ1v) is 11.8. The molecular formula is C26H33N3O2. The summed E-state index contributed by atoms with van der Waals surface area (Å²) in [6, 6.07) is 13.1. The fourth-order valence-corrected chi connectivity index (χ4v) is 6.06. The molecule has 0 spiro atoms. The van der Waals surface area contributed by atoms with Crippen LogP contribution in [0.25, 0.3) is 0 Å². The Morgan fingerprint density at radius 3 is 2.48 bits per heavy atom. The smallest absolute Gasteiger partial charge is 0.225 e. The Hall–Kier alpha value is -2.40. The number of aromatic nitrogens is 1. The lowest BCUT2D eigenvalue weighted by Gasteiger charge is -2.39. The van der Waals surface area contributed by atoms with Gasteiger partial charge < -0.3 is 9.64 Å². The van der Waals surface area contributed by atoms with E-state index in [1.165, 1.54) is 24.0 Å². The van der Waals surface area contributed by atoms with E-state index >= 15 is 0 Å². The Morgan fingerprint density at radius 1 is 1.03 bits per heavy atom. The fourth-order valence-electron chi connectivity index (χ4n) is 6.06. The third-order valence-electron chi connectivity index (χ3n) is 7.70. The van der Waals surface area contributed by atoms with Crippen LogP contribution in [0.15, 0.2) is 48.8 Å². The predicted octanol–water partition coefficient (Wildman–Crippen LogP) is 4.10. The predicted molar refractivity (Wildman–Crippen MR) is 121 cm³/mol. The number of carbonyl (C=O) groups excluding carboxylic acids is 1. The number of methoxy groups -OCH3 is 1. The molecule has 1 aromatic carbocycles. The van der Waals surface area contributed by atoms with Crippen molar-refractivity contribution in [3.63, 3.8) is 0 Å². The summed E-state index contributed by atoms with van der Waals surface area (Å²) in [6.45, 7) is 3.91. The van der Waals surface area contributed by atoms with Gasteiger partial charge in [0.25, 0.3) is 0 Å². The van der Waals surface area contributed by atoms with E-state index in [4.69, 9.17) is 4.74 Å². The average molecular weight is 420 g/mol. The highest BCUT2D eigenvalue weighted by atomic mass is 16.5. The molecule has 2 aromatic rings. The Labute approximate surface area is 185 Å². The molecule has 2 aliphatic heterocycles. The second-order valence-corrected chi connectivity index (χ2v) is 9.46. The zero-order chi connectivity index (χ0) is 21.2. The highest BCUT2D eigenvalue weighted by molar-refractivity contribution is 5.80. The maximum absolute atomic E-state index is 13.4. The number of fused-ring (bicyclic) bond motifs is 1. The molecule has 3 fully saturated rings. The Morgan fingerprint density at radius 2 is 1.77 bits per heavy atom. The van der Waals surface area contributed by atoms with Crippen molar-refractivity contribution in [1.82, 2.24) is 14.8 Å². The number of hydrogen-bond donors (Lipinski definition) is 0. The van der Waals surface area contributed by atoms with Crippen molar-refractivity contribution in [2.45, 2.75) is 50.6 Å². The van der Waals surface area contributed by atoms with Crippen LogP contribution in [0.2, 0.25) is 0 Å². The number of ether oxygens (including phenoxy) is 1. The van der Waals surface area contributed by atoms with Crippen molar-refractivity contribution >= 4 is 5.91 Å². The first kappa shape index (κ1) is 20.5. The van der Waals surface area contributed by atoms with Crippen LogP contribution < -0.4 is 4.74 Å². The summed E-state index contributed by atoms with van der Waals surface area (Å²) in [5, 5.41) is 0. The highest BCUT2D eigenvalue weighted by Crippen LogP contribution is 2.43. The number of piperidine rings is 1. The van der Waals surface area contributed by atoms with Crippen LogP contribution in [0.1, 0.15) is 49.1 Å². The van der Waals surface area contributed by atoms with E-state index in [2.05, 4.69) is 51.2 Å². The average Bonchev–Trinajstić information content (AvgIpc) is 3.48. The number of likely N-dealkylation sites (tertiary alicyclic amines) is 2.